The van der Waals surface area contributed by atoms with Crippen molar-refractivity contribution in [2.45, 2.75) is 13.0 Å². The minimum atomic E-state index is -0.397. The molecule has 1 heterocycles. The molecule has 0 saturated carbocycles. The van der Waals surface area contributed by atoms with E-state index in [1.54, 1.807) is 18.3 Å². The number of nitrogens with zero attached hydrogens (tertiary/aromatic N) is 1. The lowest BCUT2D eigenvalue weighted by Crippen LogP contribution is -2.30. The van der Waals surface area contributed by atoms with Gasteiger partial charge in [0.05, 0.1) is 30.5 Å². The molecule has 0 radical (unpaired) electrons. The Morgan fingerprint density at radius 2 is 1.89 bits per heavy atom. The fourth-order valence-corrected chi connectivity index (χ4v) is 3.14. The van der Waals surface area contributed by atoms with Crippen LogP contribution in [0.15, 0.2) is 66.9 Å². The molecule has 3 rings (SSSR count). The van der Waals surface area contributed by atoms with Gasteiger partial charge in [0.25, 0.3) is 5.91 Å². The molecule has 0 fully saturated rings. The van der Waals surface area contributed by atoms with Gasteiger partial charge in [-0.15, -0.1) is 0 Å². The molecule has 1 atom stereocenters. The maximum atomic E-state index is 13.0. The van der Waals surface area contributed by atoms with E-state index in [0.717, 1.165) is 11.3 Å². The first-order valence-electron chi connectivity index (χ1n) is 8.91. The lowest BCUT2D eigenvalue weighted by Gasteiger charge is -2.20. The SMILES string of the molecule is CCOc1c(Cl)cc(C(=O)NC(c2ccccc2)c2ccccn2)cc1OC. The summed E-state index contributed by atoms with van der Waals surface area (Å²) in [5.41, 5.74) is 2.05. The van der Waals surface area contributed by atoms with Crippen molar-refractivity contribution in [1.82, 2.24) is 10.3 Å². The zero-order valence-corrected chi connectivity index (χ0v) is 16.4. The quantitative estimate of drug-likeness (QED) is 0.630. The molecule has 3 aromatic rings. The Bertz CT molecular complexity index is 894. The highest BCUT2D eigenvalue weighted by atomic mass is 35.5. The number of carbonyl (C=O) groups excluding carboxylic acids is 1. The predicted octanol–water partition coefficient (Wildman–Crippen LogP) is 4.66. The van der Waals surface area contributed by atoms with Gasteiger partial charge < -0.3 is 14.8 Å². The van der Waals surface area contributed by atoms with Crippen LogP contribution in [-0.2, 0) is 0 Å². The Labute approximate surface area is 169 Å². The highest BCUT2D eigenvalue weighted by Gasteiger charge is 2.21. The van der Waals surface area contributed by atoms with Crippen LogP contribution in [0.5, 0.6) is 11.5 Å². The fraction of sp³-hybridized carbons (Fsp3) is 0.182. The van der Waals surface area contributed by atoms with E-state index in [2.05, 4.69) is 10.3 Å². The van der Waals surface area contributed by atoms with Crippen LogP contribution in [0.1, 0.15) is 34.6 Å². The zero-order valence-electron chi connectivity index (χ0n) is 15.7. The van der Waals surface area contributed by atoms with Crippen molar-refractivity contribution in [3.8, 4) is 11.5 Å². The van der Waals surface area contributed by atoms with Crippen molar-refractivity contribution < 1.29 is 14.3 Å². The summed E-state index contributed by atoms with van der Waals surface area (Å²) in [6, 6.07) is 18.1. The third kappa shape index (κ3) is 4.43. The second-order valence-electron chi connectivity index (χ2n) is 5.99. The van der Waals surface area contributed by atoms with E-state index in [0.29, 0.717) is 28.7 Å². The Balaban J connectivity index is 1.94. The predicted molar refractivity (Wildman–Crippen MR) is 109 cm³/mol. The second kappa shape index (κ2) is 9.24. The van der Waals surface area contributed by atoms with Crippen LogP contribution in [0.3, 0.4) is 0 Å². The lowest BCUT2D eigenvalue weighted by molar-refractivity contribution is 0.0942. The molecule has 0 aliphatic rings. The van der Waals surface area contributed by atoms with E-state index in [9.17, 15) is 4.79 Å². The molecule has 1 amide bonds. The number of hydrogen-bond acceptors (Lipinski definition) is 4. The summed E-state index contributed by atoms with van der Waals surface area (Å²) in [7, 11) is 1.51. The summed E-state index contributed by atoms with van der Waals surface area (Å²) in [5, 5.41) is 3.36. The monoisotopic (exact) mass is 396 g/mol. The van der Waals surface area contributed by atoms with Crippen molar-refractivity contribution in [1.29, 1.82) is 0 Å². The summed E-state index contributed by atoms with van der Waals surface area (Å²) >= 11 is 6.31. The molecule has 0 bridgehead atoms. The lowest BCUT2D eigenvalue weighted by atomic mass is 10.0. The van der Waals surface area contributed by atoms with Gasteiger partial charge in [0.1, 0.15) is 0 Å². The molecule has 0 saturated heterocycles. The van der Waals surface area contributed by atoms with E-state index in [1.807, 2.05) is 55.5 Å². The number of benzene rings is 2. The molecule has 0 aliphatic heterocycles. The third-order valence-corrected chi connectivity index (χ3v) is 4.45. The van der Waals surface area contributed by atoms with Crippen LogP contribution >= 0.6 is 11.6 Å². The van der Waals surface area contributed by atoms with Crippen LogP contribution in [0.2, 0.25) is 5.02 Å². The number of rotatable bonds is 7. The molecule has 1 unspecified atom stereocenters. The van der Waals surface area contributed by atoms with Crippen LogP contribution in [0, 0.1) is 0 Å². The van der Waals surface area contributed by atoms with Crippen molar-refractivity contribution in [2.75, 3.05) is 13.7 Å². The van der Waals surface area contributed by atoms with E-state index < -0.39 is 6.04 Å². The molecular weight excluding hydrogens is 376 g/mol. The Morgan fingerprint density at radius 1 is 1.14 bits per heavy atom. The largest absolute Gasteiger partial charge is 0.493 e. The summed E-state index contributed by atoms with van der Waals surface area (Å²) in [6.45, 7) is 2.30. The third-order valence-electron chi connectivity index (χ3n) is 4.17. The topological polar surface area (TPSA) is 60.5 Å². The molecule has 5 nitrogen and oxygen atoms in total. The van der Waals surface area contributed by atoms with Gasteiger partial charge in [0.15, 0.2) is 11.5 Å². The van der Waals surface area contributed by atoms with Gasteiger partial charge >= 0.3 is 0 Å². The molecule has 2 aromatic carbocycles. The van der Waals surface area contributed by atoms with Crippen LogP contribution in [0.25, 0.3) is 0 Å². The number of ether oxygens (including phenoxy) is 2. The van der Waals surface area contributed by atoms with E-state index >= 15 is 0 Å². The smallest absolute Gasteiger partial charge is 0.252 e. The van der Waals surface area contributed by atoms with Gasteiger partial charge in [0.2, 0.25) is 0 Å². The van der Waals surface area contributed by atoms with Gasteiger partial charge in [-0.25, -0.2) is 0 Å². The van der Waals surface area contributed by atoms with Crippen molar-refractivity contribution >= 4 is 17.5 Å². The van der Waals surface area contributed by atoms with Gasteiger partial charge in [-0.2, -0.15) is 0 Å². The minimum Gasteiger partial charge on any atom is -0.493 e. The Morgan fingerprint density at radius 3 is 2.54 bits per heavy atom. The molecule has 0 spiro atoms. The van der Waals surface area contributed by atoms with Gasteiger partial charge in [0, 0.05) is 11.8 Å². The second-order valence-corrected chi connectivity index (χ2v) is 6.40. The van der Waals surface area contributed by atoms with Crippen LogP contribution in [-0.4, -0.2) is 24.6 Å². The summed E-state index contributed by atoms with van der Waals surface area (Å²) in [6.07, 6.45) is 1.70. The maximum absolute atomic E-state index is 13.0. The maximum Gasteiger partial charge on any atom is 0.252 e. The molecular formula is C22H21ClN2O3. The minimum absolute atomic E-state index is 0.289. The van der Waals surface area contributed by atoms with Crippen molar-refractivity contribution in [2.24, 2.45) is 0 Å². The van der Waals surface area contributed by atoms with Gasteiger partial charge in [-0.05, 0) is 36.8 Å². The number of aromatic nitrogens is 1. The van der Waals surface area contributed by atoms with E-state index in [-0.39, 0.29) is 5.91 Å². The van der Waals surface area contributed by atoms with E-state index in [1.165, 1.54) is 7.11 Å². The number of methoxy groups -OCH3 is 1. The van der Waals surface area contributed by atoms with E-state index in [4.69, 9.17) is 21.1 Å². The highest BCUT2D eigenvalue weighted by Crippen LogP contribution is 2.36. The Kier molecular flexibility index (Phi) is 6.50. The number of halogens is 1. The average molecular weight is 397 g/mol. The molecule has 1 N–H and O–H groups in total. The fourth-order valence-electron chi connectivity index (χ4n) is 2.87. The van der Waals surface area contributed by atoms with Crippen LogP contribution < -0.4 is 14.8 Å². The Hall–Kier alpha value is -3.05. The number of amides is 1. The first kappa shape index (κ1) is 19.7. The van der Waals surface area contributed by atoms with Crippen molar-refractivity contribution in [3.05, 3.63) is 88.7 Å². The first-order valence-corrected chi connectivity index (χ1v) is 9.29. The molecule has 6 heteroatoms. The summed E-state index contributed by atoms with van der Waals surface area (Å²) in [5.74, 6) is 0.545. The zero-order chi connectivity index (χ0) is 19.9. The number of nitrogens with one attached hydrogen (secondary N) is 1. The standard InChI is InChI=1S/C22H21ClN2O3/c1-3-28-21-17(23)13-16(14-19(21)27-2)22(26)25-20(15-9-5-4-6-10-15)18-11-7-8-12-24-18/h4-14,20H,3H2,1-2H3,(H,25,26). The molecule has 28 heavy (non-hydrogen) atoms. The van der Waals surface area contributed by atoms with Gasteiger partial charge in [-0.1, -0.05) is 48.0 Å². The highest BCUT2D eigenvalue weighted by molar-refractivity contribution is 6.32. The summed E-state index contributed by atoms with van der Waals surface area (Å²) in [4.78, 5) is 17.4. The molecule has 144 valence electrons. The average Bonchev–Trinajstić information content (AvgIpc) is 2.74. The van der Waals surface area contributed by atoms with Crippen LogP contribution in [0.4, 0.5) is 0 Å². The molecule has 1 aromatic heterocycles. The summed E-state index contributed by atoms with van der Waals surface area (Å²) < 4.78 is 10.9. The number of carbonyl (C=O) groups is 1. The number of hydrogen-bond donors (Lipinski definition) is 1. The number of pyridine rings is 1. The van der Waals surface area contributed by atoms with Crippen molar-refractivity contribution in [3.63, 3.8) is 0 Å². The molecule has 0 aliphatic carbocycles. The first-order chi connectivity index (χ1) is 13.6. The normalized spacial score (nSPS) is 11.5. The van der Waals surface area contributed by atoms with Gasteiger partial charge in [-0.3, -0.25) is 9.78 Å².